The molecule has 2 aliphatic rings. The molecule has 2 saturated heterocycles. The molecule has 0 saturated carbocycles. The van der Waals surface area contributed by atoms with E-state index in [9.17, 15) is 14.9 Å². The molecule has 8 heteroatoms. The van der Waals surface area contributed by atoms with E-state index in [1.54, 1.807) is 17.6 Å². The molecule has 1 amide bonds. The van der Waals surface area contributed by atoms with Crippen molar-refractivity contribution in [1.82, 2.24) is 9.47 Å². The highest BCUT2D eigenvalue weighted by molar-refractivity contribution is 8.26. The maximum absolute atomic E-state index is 13.2. The third-order valence-corrected chi connectivity index (χ3v) is 8.28. The van der Waals surface area contributed by atoms with Crippen LogP contribution in [0.25, 0.3) is 6.08 Å². The summed E-state index contributed by atoms with van der Waals surface area (Å²) in [4.78, 5) is 30.6. The highest BCUT2D eigenvalue weighted by atomic mass is 32.2. The van der Waals surface area contributed by atoms with Gasteiger partial charge in [-0.2, -0.15) is 5.26 Å². The number of carbonyl (C=O) groups excluding carboxylic acids is 1. The minimum absolute atomic E-state index is 0.118. The minimum atomic E-state index is -0.282. The zero-order valence-electron chi connectivity index (χ0n) is 20.7. The molecule has 0 N–H and O–H groups in total. The zero-order chi connectivity index (χ0) is 25.8. The third kappa shape index (κ3) is 5.04. The van der Waals surface area contributed by atoms with Gasteiger partial charge < -0.3 is 4.90 Å². The summed E-state index contributed by atoms with van der Waals surface area (Å²) in [5.41, 5.74) is 2.52. The fourth-order valence-corrected chi connectivity index (χ4v) is 6.25. The molecule has 0 unspecified atom stereocenters. The molecular weight excluding hydrogens is 488 g/mol. The molecular formula is C28H30N4O2S2. The lowest BCUT2D eigenvalue weighted by atomic mass is 9.90. The molecule has 3 heterocycles. The number of piperidine rings is 1. The highest BCUT2D eigenvalue weighted by Gasteiger charge is 2.33. The Labute approximate surface area is 221 Å². The van der Waals surface area contributed by atoms with Crippen LogP contribution in [0.2, 0.25) is 0 Å². The predicted molar refractivity (Wildman–Crippen MR) is 151 cm³/mol. The van der Waals surface area contributed by atoms with Gasteiger partial charge in [-0.3, -0.25) is 19.1 Å². The Kier molecular flexibility index (Phi) is 8.12. The van der Waals surface area contributed by atoms with E-state index in [-0.39, 0.29) is 17.0 Å². The van der Waals surface area contributed by atoms with Crippen molar-refractivity contribution in [3.8, 4) is 6.07 Å². The number of hydrogen-bond acceptors (Lipinski definition) is 6. The Bertz CT molecular complexity index is 1320. The smallest absolute Gasteiger partial charge is 0.270 e. The molecule has 2 aromatic rings. The van der Waals surface area contributed by atoms with E-state index in [1.807, 2.05) is 19.1 Å². The number of thiocarbonyl (C=S) groups is 1. The number of nitrogens with zero attached hydrogens (tertiary/aromatic N) is 4. The standard InChI is InChI=1S/C28H30N4O2S2/c1-4-13-32-27(34)24(36-28(32)35)17-22-19(3)23(18-29)26(33)31(5-2)25(22)30-14-11-21(12-15-30)16-20-9-7-6-8-10-20/h4,6-10,17,21H,1,5,11-16H2,2-3H3/b24-17-. The van der Waals surface area contributed by atoms with Crippen molar-refractivity contribution < 1.29 is 4.79 Å². The van der Waals surface area contributed by atoms with Crippen molar-refractivity contribution in [2.75, 3.05) is 24.5 Å². The number of carbonyl (C=O) groups is 1. The Morgan fingerprint density at radius 2 is 1.92 bits per heavy atom. The van der Waals surface area contributed by atoms with E-state index in [4.69, 9.17) is 12.2 Å². The van der Waals surface area contributed by atoms with Crippen LogP contribution < -0.4 is 10.5 Å². The number of amides is 1. The van der Waals surface area contributed by atoms with Crippen LogP contribution in [0.4, 0.5) is 5.82 Å². The Morgan fingerprint density at radius 3 is 2.53 bits per heavy atom. The highest BCUT2D eigenvalue weighted by Crippen LogP contribution is 2.37. The van der Waals surface area contributed by atoms with Gasteiger partial charge >= 0.3 is 0 Å². The molecule has 0 atom stereocenters. The second-order valence-corrected chi connectivity index (χ2v) is 10.8. The second kappa shape index (κ2) is 11.3. The van der Waals surface area contributed by atoms with Gasteiger partial charge in [0.05, 0.1) is 4.91 Å². The molecule has 36 heavy (non-hydrogen) atoms. The molecule has 1 aromatic carbocycles. The average molecular weight is 519 g/mol. The summed E-state index contributed by atoms with van der Waals surface area (Å²) >= 11 is 6.66. The number of benzene rings is 1. The molecule has 0 aliphatic carbocycles. The molecule has 0 bridgehead atoms. The topological polar surface area (TPSA) is 69.3 Å². The number of anilines is 1. The van der Waals surface area contributed by atoms with E-state index in [1.165, 1.54) is 22.2 Å². The first-order chi connectivity index (χ1) is 17.4. The monoisotopic (exact) mass is 518 g/mol. The molecule has 2 aliphatic heterocycles. The number of thioether (sulfide) groups is 1. The summed E-state index contributed by atoms with van der Waals surface area (Å²) in [6, 6.07) is 12.6. The number of aromatic nitrogens is 1. The van der Waals surface area contributed by atoms with E-state index in [2.05, 4.69) is 41.8 Å². The molecule has 6 nitrogen and oxygen atoms in total. The Balaban J connectivity index is 1.72. The summed E-state index contributed by atoms with van der Waals surface area (Å²) in [6.45, 7) is 9.82. The van der Waals surface area contributed by atoms with Gasteiger partial charge in [-0.1, -0.05) is 60.4 Å². The molecule has 2 fully saturated rings. The summed E-state index contributed by atoms with van der Waals surface area (Å²) in [5, 5.41) is 9.78. The lowest BCUT2D eigenvalue weighted by Gasteiger charge is -2.36. The summed E-state index contributed by atoms with van der Waals surface area (Å²) in [6.07, 6.45) is 6.52. The maximum atomic E-state index is 13.2. The van der Waals surface area contributed by atoms with Gasteiger partial charge in [0.15, 0.2) is 0 Å². The first-order valence-electron chi connectivity index (χ1n) is 12.2. The van der Waals surface area contributed by atoms with E-state index < -0.39 is 0 Å². The van der Waals surface area contributed by atoms with Crippen molar-refractivity contribution in [3.05, 3.63) is 80.5 Å². The third-order valence-electron chi connectivity index (χ3n) is 6.90. The SMILES string of the molecule is C=CCN1C(=O)/C(=C/c2c(C)c(C#N)c(=O)n(CC)c2N2CCC(Cc3ccccc3)CC2)SC1=S. The Hall–Kier alpha value is -3.15. The molecule has 4 rings (SSSR count). The lowest BCUT2D eigenvalue weighted by molar-refractivity contribution is -0.121. The first kappa shape index (κ1) is 25.9. The van der Waals surface area contributed by atoms with Crippen LogP contribution in [-0.2, 0) is 17.8 Å². The quantitative estimate of drug-likeness (QED) is 0.295. The maximum Gasteiger partial charge on any atom is 0.270 e. The number of rotatable bonds is 7. The average Bonchev–Trinajstić information content (AvgIpc) is 3.14. The molecule has 0 spiro atoms. The van der Waals surface area contributed by atoms with Crippen LogP contribution >= 0.6 is 24.0 Å². The summed E-state index contributed by atoms with van der Waals surface area (Å²) in [7, 11) is 0. The first-order valence-corrected chi connectivity index (χ1v) is 13.4. The van der Waals surface area contributed by atoms with Gasteiger partial charge in [0, 0.05) is 31.7 Å². The fraction of sp³-hybridized carbons (Fsp3) is 0.357. The van der Waals surface area contributed by atoms with Crippen LogP contribution in [0.5, 0.6) is 0 Å². The molecule has 0 radical (unpaired) electrons. The molecule has 186 valence electrons. The fourth-order valence-electron chi connectivity index (χ4n) is 4.99. The van der Waals surface area contributed by atoms with Gasteiger partial charge in [0.2, 0.25) is 0 Å². The van der Waals surface area contributed by atoms with E-state index in [0.29, 0.717) is 33.8 Å². The van der Waals surface area contributed by atoms with Crippen LogP contribution in [0.3, 0.4) is 0 Å². The Morgan fingerprint density at radius 1 is 1.22 bits per heavy atom. The van der Waals surface area contributed by atoms with Crippen LogP contribution in [0.15, 0.2) is 52.7 Å². The lowest BCUT2D eigenvalue weighted by Crippen LogP contribution is -2.39. The van der Waals surface area contributed by atoms with Crippen molar-refractivity contribution in [2.24, 2.45) is 5.92 Å². The van der Waals surface area contributed by atoms with Crippen molar-refractivity contribution >= 4 is 46.1 Å². The van der Waals surface area contributed by atoms with Crippen LogP contribution in [0.1, 0.15) is 42.0 Å². The van der Waals surface area contributed by atoms with Gasteiger partial charge in [0.25, 0.3) is 11.5 Å². The van der Waals surface area contributed by atoms with E-state index in [0.717, 1.165) is 43.7 Å². The van der Waals surface area contributed by atoms with Crippen molar-refractivity contribution in [3.63, 3.8) is 0 Å². The van der Waals surface area contributed by atoms with Gasteiger partial charge in [-0.25, -0.2) is 0 Å². The number of hydrogen-bond donors (Lipinski definition) is 0. The minimum Gasteiger partial charge on any atom is -0.357 e. The number of nitriles is 1. The van der Waals surface area contributed by atoms with Crippen molar-refractivity contribution in [1.29, 1.82) is 5.26 Å². The van der Waals surface area contributed by atoms with Gasteiger partial charge in [0.1, 0.15) is 21.8 Å². The number of pyridine rings is 1. The van der Waals surface area contributed by atoms with E-state index >= 15 is 0 Å². The van der Waals surface area contributed by atoms with Crippen molar-refractivity contribution in [2.45, 2.75) is 39.7 Å². The second-order valence-electron chi connectivity index (χ2n) is 9.10. The molecule has 1 aromatic heterocycles. The summed E-state index contributed by atoms with van der Waals surface area (Å²) in [5.74, 6) is 1.18. The zero-order valence-corrected chi connectivity index (χ0v) is 22.3. The van der Waals surface area contributed by atoms with Crippen LogP contribution in [-0.4, -0.2) is 39.3 Å². The van der Waals surface area contributed by atoms with Crippen LogP contribution in [0, 0.1) is 24.2 Å². The van der Waals surface area contributed by atoms with Gasteiger partial charge in [-0.15, -0.1) is 6.58 Å². The largest absolute Gasteiger partial charge is 0.357 e. The normalized spacial score (nSPS) is 17.6. The predicted octanol–water partition coefficient (Wildman–Crippen LogP) is 4.89. The summed E-state index contributed by atoms with van der Waals surface area (Å²) < 4.78 is 2.16. The van der Waals surface area contributed by atoms with Gasteiger partial charge in [-0.05, 0) is 56.2 Å².